The minimum Gasteiger partial charge on any atom is -0.462 e. The number of aryl methyl sites for hydroxylation is 1. The molecule has 0 bridgehead atoms. The van der Waals surface area contributed by atoms with E-state index in [1.54, 1.807) is 0 Å². The van der Waals surface area contributed by atoms with Crippen LogP contribution in [0.4, 0.5) is 0 Å². The smallest absolute Gasteiger partial charge is 0.341 e. The van der Waals surface area contributed by atoms with Gasteiger partial charge in [0.05, 0.1) is 23.4 Å². The molecule has 3 aromatic carbocycles. The van der Waals surface area contributed by atoms with Gasteiger partial charge in [0.25, 0.3) is 0 Å². The van der Waals surface area contributed by atoms with Gasteiger partial charge in [-0.3, -0.25) is 0 Å². The zero-order chi connectivity index (χ0) is 19.5. The van der Waals surface area contributed by atoms with E-state index in [1.807, 2.05) is 61.5 Å². The minimum atomic E-state index is -0.352. The Balaban J connectivity index is 2.13. The molecule has 3 nitrogen and oxygen atoms in total. The summed E-state index contributed by atoms with van der Waals surface area (Å²) in [5.74, 6) is -0.352. The first kappa shape index (κ1) is 17.9. The molecule has 0 amide bonds. The Hall–Kier alpha value is -3.46. The van der Waals surface area contributed by atoms with Crippen molar-refractivity contribution >= 4 is 16.9 Å². The van der Waals surface area contributed by atoms with E-state index in [1.165, 1.54) is 5.56 Å². The van der Waals surface area contributed by atoms with Crippen LogP contribution < -0.4 is 0 Å². The van der Waals surface area contributed by atoms with E-state index in [-0.39, 0.29) is 5.97 Å². The lowest BCUT2D eigenvalue weighted by atomic mass is 9.91. The van der Waals surface area contributed by atoms with Crippen LogP contribution in [0.1, 0.15) is 22.8 Å². The SMILES string of the molecule is CCOC(=O)c1c(-c2ccccc2)nc2ccccc2c1-c1ccc(C)cc1. The number of carbonyl (C=O) groups is 1. The third-order valence-corrected chi connectivity index (χ3v) is 4.76. The number of ether oxygens (including phenoxy) is 1. The Labute approximate surface area is 164 Å². The Kier molecular flexibility index (Phi) is 4.90. The summed E-state index contributed by atoms with van der Waals surface area (Å²) in [6.07, 6.45) is 0. The van der Waals surface area contributed by atoms with E-state index < -0.39 is 0 Å². The fourth-order valence-electron chi connectivity index (χ4n) is 3.44. The molecule has 0 saturated heterocycles. The molecule has 0 radical (unpaired) electrons. The molecule has 1 aromatic heterocycles. The van der Waals surface area contributed by atoms with Crippen molar-refractivity contribution in [1.82, 2.24) is 4.98 Å². The number of benzene rings is 3. The molecule has 0 aliphatic heterocycles. The topological polar surface area (TPSA) is 39.2 Å². The summed E-state index contributed by atoms with van der Waals surface area (Å²) in [6, 6.07) is 25.9. The van der Waals surface area contributed by atoms with Crippen LogP contribution in [-0.2, 0) is 4.74 Å². The molecular weight excluding hydrogens is 346 g/mol. The molecule has 4 aromatic rings. The van der Waals surface area contributed by atoms with Crippen LogP contribution in [0.5, 0.6) is 0 Å². The molecule has 0 saturated carbocycles. The lowest BCUT2D eigenvalue weighted by Crippen LogP contribution is -2.10. The summed E-state index contributed by atoms with van der Waals surface area (Å²) in [5, 5.41) is 0.939. The summed E-state index contributed by atoms with van der Waals surface area (Å²) in [4.78, 5) is 17.9. The molecule has 4 rings (SSSR count). The number of para-hydroxylation sites is 1. The maximum Gasteiger partial charge on any atom is 0.341 e. The van der Waals surface area contributed by atoms with Crippen molar-refractivity contribution in [3.63, 3.8) is 0 Å². The van der Waals surface area contributed by atoms with Crippen molar-refractivity contribution in [2.75, 3.05) is 6.61 Å². The summed E-state index contributed by atoms with van der Waals surface area (Å²) in [5.41, 5.74) is 5.91. The van der Waals surface area contributed by atoms with E-state index in [0.29, 0.717) is 17.9 Å². The highest BCUT2D eigenvalue weighted by Gasteiger charge is 2.24. The van der Waals surface area contributed by atoms with Crippen LogP contribution in [0.3, 0.4) is 0 Å². The Morgan fingerprint density at radius 2 is 1.54 bits per heavy atom. The second-order valence-corrected chi connectivity index (χ2v) is 6.68. The standard InChI is InChI=1S/C25H21NO2/c1-3-28-25(27)23-22(18-15-13-17(2)14-16-18)20-11-7-8-12-21(20)26-24(23)19-9-5-4-6-10-19/h4-16H,3H2,1-2H3. The molecule has 0 aliphatic rings. The number of aromatic nitrogens is 1. The number of rotatable bonds is 4. The third kappa shape index (κ3) is 3.27. The number of hydrogen-bond acceptors (Lipinski definition) is 3. The second-order valence-electron chi connectivity index (χ2n) is 6.68. The molecule has 0 N–H and O–H groups in total. The Morgan fingerprint density at radius 1 is 0.857 bits per heavy atom. The lowest BCUT2D eigenvalue weighted by molar-refractivity contribution is 0.0528. The van der Waals surface area contributed by atoms with Gasteiger partial charge in [-0.25, -0.2) is 9.78 Å². The van der Waals surface area contributed by atoms with Gasteiger partial charge in [-0.1, -0.05) is 78.4 Å². The molecule has 28 heavy (non-hydrogen) atoms. The van der Waals surface area contributed by atoms with Crippen LogP contribution >= 0.6 is 0 Å². The Bertz CT molecular complexity index is 1130. The maximum atomic E-state index is 13.1. The van der Waals surface area contributed by atoms with Gasteiger partial charge < -0.3 is 4.74 Å². The average Bonchev–Trinajstić information content (AvgIpc) is 2.74. The number of esters is 1. The van der Waals surface area contributed by atoms with Crippen LogP contribution in [-0.4, -0.2) is 17.6 Å². The minimum absolute atomic E-state index is 0.313. The number of fused-ring (bicyclic) bond motifs is 1. The van der Waals surface area contributed by atoms with E-state index in [4.69, 9.17) is 9.72 Å². The highest BCUT2D eigenvalue weighted by molar-refractivity contribution is 6.11. The van der Waals surface area contributed by atoms with Gasteiger partial charge in [0.15, 0.2) is 0 Å². The number of carbonyl (C=O) groups excluding carboxylic acids is 1. The predicted octanol–water partition coefficient (Wildman–Crippen LogP) is 6.05. The van der Waals surface area contributed by atoms with Crippen molar-refractivity contribution in [2.45, 2.75) is 13.8 Å². The molecule has 0 atom stereocenters. The lowest BCUT2D eigenvalue weighted by Gasteiger charge is -2.17. The van der Waals surface area contributed by atoms with E-state index in [0.717, 1.165) is 27.6 Å². The van der Waals surface area contributed by atoms with E-state index >= 15 is 0 Å². The third-order valence-electron chi connectivity index (χ3n) is 4.76. The Morgan fingerprint density at radius 3 is 2.25 bits per heavy atom. The first-order valence-corrected chi connectivity index (χ1v) is 9.41. The predicted molar refractivity (Wildman–Crippen MR) is 113 cm³/mol. The fourth-order valence-corrected chi connectivity index (χ4v) is 3.44. The van der Waals surface area contributed by atoms with Crippen molar-refractivity contribution in [1.29, 1.82) is 0 Å². The monoisotopic (exact) mass is 367 g/mol. The van der Waals surface area contributed by atoms with Gasteiger partial charge >= 0.3 is 5.97 Å². The van der Waals surface area contributed by atoms with Crippen molar-refractivity contribution in [2.24, 2.45) is 0 Å². The normalized spacial score (nSPS) is 10.8. The van der Waals surface area contributed by atoms with Crippen LogP contribution in [0.15, 0.2) is 78.9 Å². The van der Waals surface area contributed by atoms with Crippen LogP contribution in [0, 0.1) is 6.92 Å². The van der Waals surface area contributed by atoms with Crippen LogP contribution in [0.2, 0.25) is 0 Å². The molecule has 3 heteroatoms. The first-order valence-electron chi connectivity index (χ1n) is 9.41. The maximum absolute atomic E-state index is 13.1. The summed E-state index contributed by atoms with van der Waals surface area (Å²) in [7, 11) is 0. The molecule has 0 fully saturated rings. The second kappa shape index (κ2) is 7.65. The zero-order valence-corrected chi connectivity index (χ0v) is 16.0. The highest BCUT2D eigenvalue weighted by atomic mass is 16.5. The van der Waals surface area contributed by atoms with Gasteiger partial charge in [-0.15, -0.1) is 0 Å². The van der Waals surface area contributed by atoms with Crippen molar-refractivity contribution in [3.8, 4) is 22.4 Å². The molecule has 0 aliphatic carbocycles. The molecule has 1 heterocycles. The van der Waals surface area contributed by atoms with Gasteiger partial charge in [0.2, 0.25) is 0 Å². The summed E-state index contributed by atoms with van der Waals surface area (Å²) in [6.45, 7) is 4.18. The average molecular weight is 367 g/mol. The van der Waals surface area contributed by atoms with Crippen molar-refractivity contribution < 1.29 is 9.53 Å². The number of pyridine rings is 1. The van der Waals surface area contributed by atoms with Gasteiger partial charge in [0, 0.05) is 16.5 Å². The van der Waals surface area contributed by atoms with Gasteiger partial charge in [-0.05, 0) is 25.5 Å². The van der Waals surface area contributed by atoms with E-state index in [9.17, 15) is 4.79 Å². The van der Waals surface area contributed by atoms with Gasteiger partial charge in [0.1, 0.15) is 0 Å². The summed E-state index contributed by atoms with van der Waals surface area (Å²) >= 11 is 0. The summed E-state index contributed by atoms with van der Waals surface area (Å²) < 4.78 is 5.45. The molecule has 0 unspecified atom stereocenters. The van der Waals surface area contributed by atoms with E-state index in [2.05, 4.69) is 31.2 Å². The quantitative estimate of drug-likeness (QED) is 0.412. The number of nitrogens with zero attached hydrogens (tertiary/aromatic N) is 1. The molecule has 138 valence electrons. The highest BCUT2D eigenvalue weighted by Crippen LogP contribution is 2.37. The van der Waals surface area contributed by atoms with Gasteiger partial charge in [-0.2, -0.15) is 0 Å². The zero-order valence-electron chi connectivity index (χ0n) is 16.0. The number of hydrogen-bond donors (Lipinski definition) is 0. The van der Waals surface area contributed by atoms with Crippen LogP contribution in [0.25, 0.3) is 33.3 Å². The molecule has 0 spiro atoms. The first-order chi connectivity index (χ1) is 13.7. The largest absolute Gasteiger partial charge is 0.462 e. The van der Waals surface area contributed by atoms with Crippen molar-refractivity contribution in [3.05, 3.63) is 90.0 Å². The molecular formula is C25H21NO2. The fraction of sp³-hybridized carbons (Fsp3) is 0.120.